The van der Waals surface area contributed by atoms with Crippen molar-refractivity contribution in [2.24, 2.45) is 0 Å². The highest BCUT2D eigenvalue weighted by Crippen LogP contribution is 2.35. The van der Waals surface area contributed by atoms with Crippen LogP contribution in [0.25, 0.3) is 0 Å². The molecule has 1 fully saturated rings. The van der Waals surface area contributed by atoms with Crippen molar-refractivity contribution in [2.75, 3.05) is 44.4 Å². The van der Waals surface area contributed by atoms with Crippen molar-refractivity contribution in [1.82, 2.24) is 14.9 Å². The lowest BCUT2D eigenvalue weighted by Crippen LogP contribution is -2.45. The Balaban J connectivity index is 1.79. The molecule has 3 rings (SSSR count). The number of aromatic nitrogens is 2. The summed E-state index contributed by atoms with van der Waals surface area (Å²) in [7, 11) is 4.07. The molecule has 2 heterocycles. The van der Waals surface area contributed by atoms with Gasteiger partial charge in [-0.25, -0.2) is 4.98 Å². The van der Waals surface area contributed by atoms with Gasteiger partial charge in [0.2, 0.25) is 5.95 Å². The summed E-state index contributed by atoms with van der Waals surface area (Å²) in [5.41, 5.74) is 1.55. The molecule has 1 aliphatic heterocycles. The second kappa shape index (κ2) is 6.96. The van der Waals surface area contributed by atoms with Gasteiger partial charge in [-0.3, -0.25) is 0 Å². The van der Waals surface area contributed by atoms with Gasteiger partial charge in [-0.05, 0) is 44.6 Å². The number of nitrogens with one attached hydrogen (secondary N) is 2. The van der Waals surface area contributed by atoms with Gasteiger partial charge in [0.15, 0.2) is 0 Å². The first-order valence-corrected chi connectivity index (χ1v) is 8.21. The van der Waals surface area contributed by atoms with E-state index >= 15 is 0 Å². The van der Waals surface area contributed by atoms with Gasteiger partial charge in [0.1, 0.15) is 5.82 Å². The Hall–Kier alpha value is -2.14. The van der Waals surface area contributed by atoms with E-state index in [0.717, 1.165) is 38.3 Å². The minimum Gasteiger partial charge on any atom is -0.373 e. The Labute approximate surface area is 138 Å². The maximum Gasteiger partial charge on any atom is 0.224 e. The van der Waals surface area contributed by atoms with Crippen LogP contribution < -0.4 is 10.6 Å². The number of hydrogen-bond donors (Lipinski definition) is 2. The molecule has 0 unspecified atom stereocenters. The minimum absolute atomic E-state index is 0.146. The summed E-state index contributed by atoms with van der Waals surface area (Å²) in [6, 6.07) is 12.7. The number of nitrogens with zero attached hydrogens (tertiary/aromatic N) is 3. The lowest BCUT2D eigenvalue weighted by atomic mass is 9.72. The molecule has 0 radical (unpaired) electrons. The van der Waals surface area contributed by atoms with Crippen molar-refractivity contribution in [3.05, 3.63) is 48.2 Å². The molecule has 0 spiro atoms. The second-order valence-electron chi connectivity index (χ2n) is 6.32. The monoisotopic (exact) mass is 311 g/mol. The third kappa shape index (κ3) is 3.62. The van der Waals surface area contributed by atoms with E-state index in [1.165, 1.54) is 5.56 Å². The van der Waals surface area contributed by atoms with Crippen LogP contribution >= 0.6 is 0 Å². The zero-order chi connectivity index (χ0) is 16.1. The van der Waals surface area contributed by atoms with E-state index in [2.05, 4.69) is 62.9 Å². The maximum atomic E-state index is 4.47. The summed E-state index contributed by atoms with van der Waals surface area (Å²) in [5.74, 6) is 1.52. The first kappa shape index (κ1) is 15.7. The van der Waals surface area contributed by atoms with Gasteiger partial charge in [-0.1, -0.05) is 30.3 Å². The predicted molar refractivity (Wildman–Crippen MR) is 94.9 cm³/mol. The molecular formula is C18H25N5. The Kier molecular flexibility index (Phi) is 4.76. The van der Waals surface area contributed by atoms with Gasteiger partial charge in [-0.15, -0.1) is 0 Å². The molecule has 0 saturated carbocycles. The SMILES string of the molecule is CNc1ccnc(NCC2(c3ccccc3)CCN(C)CC2)n1. The van der Waals surface area contributed by atoms with Crippen LogP contribution in [0.15, 0.2) is 42.6 Å². The fourth-order valence-electron chi connectivity index (χ4n) is 3.24. The lowest BCUT2D eigenvalue weighted by Gasteiger charge is -2.41. The molecule has 2 aromatic rings. The van der Waals surface area contributed by atoms with Crippen molar-refractivity contribution >= 4 is 11.8 Å². The van der Waals surface area contributed by atoms with Crippen molar-refractivity contribution in [3.63, 3.8) is 0 Å². The fourth-order valence-corrected chi connectivity index (χ4v) is 3.24. The number of hydrogen-bond acceptors (Lipinski definition) is 5. The molecule has 122 valence electrons. The van der Waals surface area contributed by atoms with Crippen LogP contribution in [0.4, 0.5) is 11.8 Å². The number of rotatable bonds is 5. The number of piperidine rings is 1. The molecule has 1 aliphatic rings. The van der Waals surface area contributed by atoms with Gasteiger partial charge in [-0.2, -0.15) is 4.98 Å². The highest BCUT2D eigenvalue weighted by atomic mass is 15.1. The third-order valence-corrected chi connectivity index (χ3v) is 4.83. The van der Waals surface area contributed by atoms with E-state index in [1.807, 2.05) is 13.1 Å². The number of likely N-dealkylation sites (tertiary alicyclic amines) is 1. The quantitative estimate of drug-likeness (QED) is 0.889. The molecule has 23 heavy (non-hydrogen) atoms. The minimum atomic E-state index is 0.146. The van der Waals surface area contributed by atoms with E-state index in [0.29, 0.717) is 5.95 Å². The Morgan fingerprint density at radius 3 is 2.57 bits per heavy atom. The van der Waals surface area contributed by atoms with Gasteiger partial charge < -0.3 is 15.5 Å². The van der Waals surface area contributed by atoms with Crippen molar-refractivity contribution < 1.29 is 0 Å². The lowest BCUT2D eigenvalue weighted by molar-refractivity contribution is 0.195. The maximum absolute atomic E-state index is 4.47. The first-order chi connectivity index (χ1) is 11.2. The Morgan fingerprint density at radius 1 is 1.13 bits per heavy atom. The van der Waals surface area contributed by atoms with Crippen LogP contribution in [0.1, 0.15) is 18.4 Å². The van der Waals surface area contributed by atoms with Crippen LogP contribution in [0.2, 0.25) is 0 Å². The fraction of sp³-hybridized carbons (Fsp3) is 0.444. The highest BCUT2D eigenvalue weighted by Gasteiger charge is 2.35. The normalized spacial score (nSPS) is 17.7. The zero-order valence-corrected chi connectivity index (χ0v) is 13.9. The standard InChI is InChI=1S/C18H25N5/c1-19-16-8-11-20-17(22-16)21-14-18(9-12-23(2)13-10-18)15-6-4-3-5-7-15/h3-8,11H,9-10,12-14H2,1-2H3,(H2,19,20,21,22). The summed E-state index contributed by atoms with van der Waals surface area (Å²) in [6.07, 6.45) is 4.07. The summed E-state index contributed by atoms with van der Waals surface area (Å²) in [6.45, 7) is 3.10. The molecule has 1 saturated heterocycles. The average Bonchev–Trinajstić information content (AvgIpc) is 2.62. The molecule has 1 aromatic heterocycles. The van der Waals surface area contributed by atoms with E-state index in [-0.39, 0.29) is 5.41 Å². The van der Waals surface area contributed by atoms with E-state index in [4.69, 9.17) is 0 Å². The van der Waals surface area contributed by atoms with Crippen molar-refractivity contribution in [1.29, 1.82) is 0 Å². The van der Waals surface area contributed by atoms with Crippen LogP contribution in [0.5, 0.6) is 0 Å². The van der Waals surface area contributed by atoms with Crippen LogP contribution in [-0.4, -0.2) is 48.6 Å². The summed E-state index contributed by atoms with van der Waals surface area (Å²) < 4.78 is 0. The van der Waals surface area contributed by atoms with Gasteiger partial charge in [0, 0.05) is 25.2 Å². The molecular weight excluding hydrogens is 286 g/mol. The largest absolute Gasteiger partial charge is 0.373 e. The average molecular weight is 311 g/mol. The summed E-state index contributed by atoms with van der Waals surface area (Å²) in [5, 5.41) is 6.52. The van der Waals surface area contributed by atoms with Gasteiger partial charge in [0.25, 0.3) is 0 Å². The van der Waals surface area contributed by atoms with Crippen molar-refractivity contribution in [2.45, 2.75) is 18.3 Å². The third-order valence-electron chi connectivity index (χ3n) is 4.83. The van der Waals surface area contributed by atoms with Gasteiger partial charge >= 0.3 is 0 Å². The van der Waals surface area contributed by atoms with Crippen molar-refractivity contribution in [3.8, 4) is 0 Å². The van der Waals surface area contributed by atoms with Gasteiger partial charge in [0.05, 0.1) is 0 Å². The topological polar surface area (TPSA) is 53.1 Å². The first-order valence-electron chi connectivity index (χ1n) is 8.21. The molecule has 0 bridgehead atoms. The smallest absolute Gasteiger partial charge is 0.224 e. The van der Waals surface area contributed by atoms with Crippen LogP contribution in [-0.2, 0) is 5.41 Å². The molecule has 0 atom stereocenters. The Bertz CT molecular complexity index is 620. The zero-order valence-electron chi connectivity index (χ0n) is 13.9. The summed E-state index contributed by atoms with van der Waals surface area (Å²) in [4.78, 5) is 11.2. The van der Waals surface area contributed by atoms with E-state index in [1.54, 1.807) is 6.20 Å². The molecule has 5 nitrogen and oxygen atoms in total. The predicted octanol–water partition coefficient (Wildman–Crippen LogP) is 2.59. The van der Waals surface area contributed by atoms with E-state index < -0.39 is 0 Å². The number of anilines is 2. The van der Waals surface area contributed by atoms with Crippen LogP contribution in [0.3, 0.4) is 0 Å². The van der Waals surface area contributed by atoms with E-state index in [9.17, 15) is 0 Å². The molecule has 1 aromatic carbocycles. The molecule has 0 aliphatic carbocycles. The molecule has 5 heteroatoms. The number of benzene rings is 1. The molecule has 2 N–H and O–H groups in total. The second-order valence-corrected chi connectivity index (χ2v) is 6.32. The Morgan fingerprint density at radius 2 is 1.87 bits per heavy atom. The highest BCUT2D eigenvalue weighted by molar-refractivity contribution is 5.40. The van der Waals surface area contributed by atoms with Crippen LogP contribution in [0, 0.1) is 0 Å². The summed E-state index contributed by atoms with van der Waals surface area (Å²) >= 11 is 0. The molecule has 0 amide bonds.